The van der Waals surface area contributed by atoms with Gasteiger partial charge in [0, 0.05) is 37.6 Å². The summed E-state index contributed by atoms with van der Waals surface area (Å²) in [6, 6.07) is 0.0279. The molecule has 1 aliphatic heterocycles. The summed E-state index contributed by atoms with van der Waals surface area (Å²) < 4.78 is 7.32. The van der Waals surface area contributed by atoms with E-state index in [-0.39, 0.29) is 11.6 Å². The Labute approximate surface area is 114 Å². The molecule has 0 saturated carbocycles. The first-order chi connectivity index (χ1) is 9.05. The van der Waals surface area contributed by atoms with Crippen LogP contribution in [0.3, 0.4) is 0 Å². The molecule has 1 unspecified atom stereocenters. The van der Waals surface area contributed by atoms with Gasteiger partial charge in [-0.1, -0.05) is 0 Å². The molecule has 6 heteroatoms. The van der Waals surface area contributed by atoms with Gasteiger partial charge in [0.1, 0.15) is 12.2 Å². The molecule has 19 heavy (non-hydrogen) atoms. The van der Waals surface area contributed by atoms with Crippen molar-refractivity contribution in [2.75, 3.05) is 26.3 Å². The molecule has 6 nitrogen and oxygen atoms in total. The van der Waals surface area contributed by atoms with Crippen molar-refractivity contribution in [1.82, 2.24) is 19.7 Å². The van der Waals surface area contributed by atoms with Crippen LogP contribution in [0.25, 0.3) is 0 Å². The Hall–Kier alpha value is -0.980. The average Bonchev–Trinajstić information content (AvgIpc) is 2.87. The summed E-state index contributed by atoms with van der Waals surface area (Å²) >= 11 is 0. The van der Waals surface area contributed by atoms with Gasteiger partial charge in [0.2, 0.25) is 0 Å². The molecule has 2 rings (SSSR count). The first-order valence-electron chi connectivity index (χ1n) is 7.00. The van der Waals surface area contributed by atoms with Crippen molar-refractivity contribution in [3.05, 3.63) is 12.2 Å². The molecule has 1 aromatic heterocycles. The number of rotatable bonds is 5. The number of aromatic nitrogens is 3. The van der Waals surface area contributed by atoms with Gasteiger partial charge in [-0.15, -0.1) is 0 Å². The van der Waals surface area contributed by atoms with Crippen LogP contribution in [0.2, 0.25) is 0 Å². The number of hydrogen-bond donors (Lipinski definition) is 1. The average molecular weight is 267 g/mol. The summed E-state index contributed by atoms with van der Waals surface area (Å²) in [7, 11) is 0. The van der Waals surface area contributed by atoms with E-state index in [4.69, 9.17) is 10.5 Å². The number of aryl methyl sites for hydroxylation is 1. The monoisotopic (exact) mass is 267 g/mol. The minimum atomic E-state index is -0.0612. The Balaban J connectivity index is 2.03. The first kappa shape index (κ1) is 14.4. The third-order valence-electron chi connectivity index (χ3n) is 4.13. The molecular formula is C13H25N5O. The molecule has 0 spiro atoms. The fourth-order valence-electron chi connectivity index (χ4n) is 2.53. The maximum atomic E-state index is 6.43. The number of nitrogens with two attached hydrogens (primary N) is 1. The molecule has 0 aromatic carbocycles. The summed E-state index contributed by atoms with van der Waals surface area (Å²) in [6.07, 6.45) is 2.35. The molecule has 0 bridgehead atoms. The van der Waals surface area contributed by atoms with Crippen LogP contribution in [0.4, 0.5) is 0 Å². The highest BCUT2D eigenvalue weighted by Crippen LogP contribution is 2.21. The lowest BCUT2D eigenvalue weighted by Crippen LogP contribution is -2.59. The molecule has 1 saturated heterocycles. The standard InChI is InChI=1S/C13H25N5O/c1-4-18-12(15-10-16-18)9-11(14)13(2,3)17-5-7-19-8-6-17/h10-11H,4-9,14H2,1-3H3. The quantitative estimate of drug-likeness (QED) is 0.830. The van der Waals surface area contributed by atoms with Gasteiger partial charge >= 0.3 is 0 Å². The molecule has 108 valence electrons. The molecule has 2 N–H and O–H groups in total. The van der Waals surface area contributed by atoms with Crippen LogP contribution < -0.4 is 5.73 Å². The second kappa shape index (κ2) is 5.98. The van der Waals surface area contributed by atoms with Crippen molar-refractivity contribution < 1.29 is 4.74 Å². The zero-order chi connectivity index (χ0) is 13.9. The van der Waals surface area contributed by atoms with Crippen LogP contribution in [-0.4, -0.2) is 57.5 Å². The Morgan fingerprint density at radius 2 is 2.11 bits per heavy atom. The molecule has 1 aliphatic rings. The second-order valence-corrected chi connectivity index (χ2v) is 5.56. The van der Waals surface area contributed by atoms with E-state index in [1.165, 1.54) is 0 Å². The van der Waals surface area contributed by atoms with E-state index < -0.39 is 0 Å². The number of hydrogen-bond acceptors (Lipinski definition) is 5. The summed E-state index contributed by atoms with van der Waals surface area (Å²) in [5, 5.41) is 4.20. The van der Waals surface area contributed by atoms with E-state index in [0.717, 1.165) is 45.1 Å². The predicted molar refractivity (Wildman–Crippen MR) is 73.8 cm³/mol. The van der Waals surface area contributed by atoms with Crippen molar-refractivity contribution >= 4 is 0 Å². The normalized spacial score (nSPS) is 19.6. The van der Waals surface area contributed by atoms with Crippen molar-refractivity contribution in [3.8, 4) is 0 Å². The minimum absolute atomic E-state index is 0.0279. The molecule has 2 heterocycles. The number of nitrogens with zero attached hydrogens (tertiary/aromatic N) is 4. The van der Waals surface area contributed by atoms with Crippen molar-refractivity contribution in [3.63, 3.8) is 0 Å². The summed E-state index contributed by atoms with van der Waals surface area (Å²) in [5.74, 6) is 0.969. The van der Waals surface area contributed by atoms with Gasteiger partial charge in [-0.2, -0.15) is 5.10 Å². The van der Waals surface area contributed by atoms with E-state index in [0.29, 0.717) is 0 Å². The molecular weight excluding hydrogens is 242 g/mol. The lowest BCUT2D eigenvalue weighted by atomic mass is 9.90. The first-order valence-corrected chi connectivity index (χ1v) is 7.00. The predicted octanol–water partition coefficient (Wildman–Crippen LogP) is 0.279. The van der Waals surface area contributed by atoms with E-state index in [1.54, 1.807) is 6.33 Å². The van der Waals surface area contributed by atoms with Crippen LogP contribution in [0, 0.1) is 0 Å². The summed E-state index contributed by atoms with van der Waals surface area (Å²) in [4.78, 5) is 6.72. The van der Waals surface area contributed by atoms with Gasteiger partial charge in [-0.05, 0) is 20.8 Å². The number of morpholine rings is 1. The minimum Gasteiger partial charge on any atom is -0.379 e. The van der Waals surface area contributed by atoms with Crippen LogP contribution >= 0.6 is 0 Å². The van der Waals surface area contributed by atoms with Crippen molar-refractivity contribution in [1.29, 1.82) is 0 Å². The van der Waals surface area contributed by atoms with Gasteiger partial charge in [0.05, 0.1) is 13.2 Å². The molecule has 1 aromatic rings. The Morgan fingerprint density at radius 1 is 1.42 bits per heavy atom. The van der Waals surface area contributed by atoms with Gasteiger partial charge in [-0.3, -0.25) is 9.58 Å². The zero-order valence-electron chi connectivity index (χ0n) is 12.2. The fourth-order valence-corrected chi connectivity index (χ4v) is 2.53. The third kappa shape index (κ3) is 3.13. The molecule has 0 aliphatic carbocycles. The van der Waals surface area contributed by atoms with Crippen LogP contribution in [-0.2, 0) is 17.7 Å². The van der Waals surface area contributed by atoms with Gasteiger partial charge in [0.25, 0.3) is 0 Å². The maximum absolute atomic E-state index is 6.43. The highest BCUT2D eigenvalue weighted by Gasteiger charge is 2.34. The fraction of sp³-hybridized carbons (Fsp3) is 0.846. The molecule has 0 amide bonds. The Morgan fingerprint density at radius 3 is 2.74 bits per heavy atom. The lowest BCUT2D eigenvalue weighted by Gasteiger charge is -2.44. The van der Waals surface area contributed by atoms with Gasteiger partial charge in [-0.25, -0.2) is 4.98 Å². The van der Waals surface area contributed by atoms with E-state index >= 15 is 0 Å². The van der Waals surface area contributed by atoms with Crippen LogP contribution in [0.15, 0.2) is 6.33 Å². The Bertz CT molecular complexity index is 397. The molecule has 1 atom stereocenters. The Kier molecular flexibility index (Phi) is 4.54. The topological polar surface area (TPSA) is 69.2 Å². The van der Waals surface area contributed by atoms with Crippen molar-refractivity contribution in [2.24, 2.45) is 5.73 Å². The van der Waals surface area contributed by atoms with E-state index in [1.807, 2.05) is 4.68 Å². The summed E-state index contributed by atoms with van der Waals surface area (Å²) in [6.45, 7) is 10.8. The summed E-state index contributed by atoms with van der Waals surface area (Å²) in [5.41, 5.74) is 6.37. The lowest BCUT2D eigenvalue weighted by molar-refractivity contribution is -0.0188. The van der Waals surface area contributed by atoms with E-state index in [9.17, 15) is 0 Å². The molecule has 1 fully saturated rings. The third-order valence-corrected chi connectivity index (χ3v) is 4.13. The highest BCUT2D eigenvalue weighted by molar-refractivity contribution is 4.99. The van der Waals surface area contributed by atoms with Crippen LogP contribution in [0.5, 0.6) is 0 Å². The number of ether oxygens (including phenoxy) is 1. The van der Waals surface area contributed by atoms with Crippen LogP contribution in [0.1, 0.15) is 26.6 Å². The van der Waals surface area contributed by atoms with Crippen molar-refractivity contribution in [2.45, 2.75) is 45.3 Å². The maximum Gasteiger partial charge on any atom is 0.138 e. The smallest absolute Gasteiger partial charge is 0.138 e. The molecule has 0 radical (unpaired) electrons. The highest BCUT2D eigenvalue weighted by atomic mass is 16.5. The zero-order valence-corrected chi connectivity index (χ0v) is 12.2. The second-order valence-electron chi connectivity index (χ2n) is 5.56. The largest absolute Gasteiger partial charge is 0.379 e. The van der Waals surface area contributed by atoms with Gasteiger partial charge in [0.15, 0.2) is 0 Å². The SMILES string of the molecule is CCn1ncnc1CC(N)C(C)(C)N1CCOCC1. The van der Waals surface area contributed by atoms with Gasteiger partial charge < -0.3 is 10.5 Å². The van der Waals surface area contributed by atoms with E-state index in [2.05, 4.69) is 35.8 Å².